The second kappa shape index (κ2) is 2.83. The number of carboxylic acid groups (broad SMARTS) is 1. The number of carboxylic acids is 1. The van der Waals surface area contributed by atoms with Gasteiger partial charge in [-0.15, -0.1) is 0 Å². The van der Waals surface area contributed by atoms with Gasteiger partial charge in [-0.3, -0.25) is 9.89 Å². The molecule has 1 heterocycles. The molecule has 0 saturated heterocycles. The number of aliphatic carboxylic acids is 1. The van der Waals surface area contributed by atoms with Crippen LogP contribution in [0.15, 0.2) is 10.7 Å². The van der Waals surface area contributed by atoms with Crippen molar-refractivity contribution in [2.75, 3.05) is 0 Å². The Balaban J connectivity index is 2.74. The maximum Gasteiger partial charge on any atom is 0.309 e. The second-order valence-electron chi connectivity index (χ2n) is 1.77. The van der Waals surface area contributed by atoms with Crippen LogP contribution in [0.5, 0.6) is 0 Å². The molecule has 5 heteroatoms. The van der Waals surface area contributed by atoms with Gasteiger partial charge in [-0.1, -0.05) is 0 Å². The highest BCUT2D eigenvalue weighted by atomic mass is 79.9. The maximum atomic E-state index is 10.2. The lowest BCUT2D eigenvalue weighted by molar-refractivity contribution is -0.136. The van der Waals surface area contributed by atoms with Gasteiger partial charge in [0.15, 0.2) is 0 Å². The van der Waals surface area contributed by atoms with E-state index in [-0.39, 0.29) is 6.42 Å². The van der Waals surface area contributed by atoms with Gasteiger partial charge in [0.2, 0.25) is 0 Å². The summed E-state index contributed by atoms with van der Waals surface area (Å²) in [5.41, 5.74) is 0.590. The Labute approximate surface area is 65.4 Å². The highest BCUT2D eigenvalue weighted by Gasteiger charge is 2.05. The lowest BCUT2D eigenvalue weighted by Crippen LogP contribution is -2.00. The Morgan fingerprint density at radius 2 is 2.60 bits per heavy atom. The van der Waals surface area contributed by atoms with E-state index in [1.807, 2.05) is 0 Å². The molecule has 0 bridgehead atoms. The molecule has 1 aromatic rings. The van der Waals surface area contributed by atoms with Gasteiger partial charge in [-0.2, -0.15) is 5.10 Å². The molecule has 1 rings (SSSR count). The Morgan fingerprint density at radius 1 is 1.90 bits per heavy atom. The van der Waals surface area contributed by atoms with Gasteiger partial charge in [-0.25, -0.2) is 0 Å². The first-order chi connectivity index (χ1) is 4.70. The molecule has 0 aliphatic heterocycles. The fourth-order valence-corrected chi connectivity index (χ4v) is 0.905. The molecule has 0 radical (unpaired) electrons. The van der Waals surface area contributed by atoms with Crippen molar-refractivity contribution in [3.8, 4) is 0 Å². The van der Waals surface area contributed by atoms with Crippen molar-refractivity contribution in [2.24, 2.45) is 0 Å². The Kier molecular flexibility index (Phi) is 2.06. The molecule has 4 nitrogen and oxygen atoms in total. The van der Waals surface area contributed by atoms with Crippen LogP contribution in [0.1, 0.15) is 5.69 Å². The van der Waals surface area contributed by atoms with Gasteiger partial charge < -0.3 is 5.11 Å². The molecule has 0 fully saturated rings. The SMILES string of the molecule is O=C(O)Cc1[nH]ncc1Br. The molecule has 0 saturated carbocycles. The Hall–Kier alpha value is -0.840. The first kappa shape index (κ1) is 7.27. The van der Waals surface area contributed by atoms with Crippen molar-refractivity contribution >= 4 is 21.9 Å². The highest BCUT2D eigenvalue weighted by Crippen LogP contribution is 2.12. The van der Waals surface area contributed by atoms with E-state index < -0.39 is 5.97 Å². The minimum atomic E-state index is -0.870. The minimum absolute atomic E-state index is 0.0272. The summed E-state index contributed by atoms with van der Waals surface area (Å²) in [6.07, 6.45) is 1.50. The van der Waals surface area contributed by atoms with E-state index >= 15 is 0 Å². The molecule has 0 amide bonds. The Morgan fingerprint density at radius 3 is 3.00 bits per heavy atom. The average molecular weight is 205 g/mol. The van der Waals surface area contributed by atoms with Gasteiger partial charge >= 0.3 is 5.97 Å². The molecule has 0 spiro atoms. The van der Waals surface area contributed by atoms with Crippen molar-refractivity contribution in [3.63, 3.8) is 0 Å². The van der Waals surface area contributed by atoms with Crippen LogP contribution in [0.3, 0.4) is 0 Å². The molecule has 0 atom stereocenters. The molecule has 10 heavy (non-hydrogen) atoms. The molecular weight excluding hydrogens is 200 g/mol. The molecule has 0 unspecified atom stereocenters. The largest absolute Gasteiger partial charge is 0.481 e. The summed E-state index contributed by atoms with van der Waals surface area (Å²) in [6, 6.07) is 0. The normalized spacial score (nSPS) is 9.70. The summed E-state index contributed by atoms with van der Waals surface area (Å²) in [7, 11) is 0. The first-order valence-corrected chi connectivity index (χ1v) is 3.39. The van der Waals surface area contributed by atoms with Crippen LogP contribution in [-0.4, -0.2) is 21.3 Å². The van der Waals surface area contributed by atoms with Crippen LogP contribution in [0.2, 0.25) is 0 Å². The maximum absolute atomic E-state index is 10.2. The molecule has 0 aliphatic carbocycles. The summed E-state index contributed by atoms with van der Waals surface area (Å²) >= 11 is 3.14. The van der Waals surface area contributed by atoms with Gasteiger partial charge in [-0.05, 0) is 15.9 Å². The summed E-state index contributed by atoms with van der Waals surface area (Å²) < 4.78 is 0.704. The number of nitrogens with zero attached hydrogens (tertiary/aromatic N) is 1. The van der Waals surface area contributed by atoms with E-state index in [1.165, 1.54) is 6.20 Å². The van der Waals surface area contributed by atoms with E-state index in [2.05, 4.69) is 26.1 Å². The van der Waals surface area contributed by atoms with Crippen LogP contribution in [-0.2, 0) is 11.2 Å². The highest BCUT2D eigenvalue weighted by molar-refractivity contribution is 9.10. The molecule has 54 valence electrons. The zero-order valence-corrected chi connectivity index (χ0v) is 6.55. The Bertz CT molecular complexity index is 246. The van der Waals surface area contributed by atoms with Crippen LogP contribution in [0.4, 0.5) is 0 Å². The third kappa shape index (κ3) is 1.57. The van der Waals surface area contributed by atoms with Crippen LogP contribution in [0.25, 0.3) is 0 Å². The summed E-state index contributed by atoms with van der Waals surface area (Å²) in [6.45, 7) is 0. The van der Waals surface area contributed by atoms with Crippen molar-refractivity contribution in [2.45, 2.75) is 6.42 Å². The predicted molar refractivity (Wildman–Crippen MR) is 37.6 cm³/mol. The van der Waals surface area contributed by atoms with E-state index in [0.717, 1.165) is 0 Å². The van der Waals surface area contributed by atoms with Gasteiger partial charge in [0.05, 0.1) is 22.8 Å². The third-order valence-corrected chi connectivity index (χ3v) is 1.68. The number of halogens is 1. The topological polar surface area (TPSA) is 66.0 Å². The van der Waals surface area contributed by atoms with Crippen molar-refractivity contribution < 1.29 is 9.90 Å². The van der Waals surface area contributed by atoms with Gasteiger partial charge in [0, 0.05) is 0 Å². The van der Waals surface area contributed by atoms with E-state index in [9.17, 15) is 4.79 Å². The summed E-state index contributed by atoms with van der Waals surface area (Å²) in [4.78, 5) is 10.2. The zero-order valence-electron chi connectivity index (χ0n) is 4.97. The van der Waals surface area contributed by atoms with E-state index in [4.69, 9.17) is 5.11 Å². The lowest BCUT2D eigenvalue weighted by Gasteiger charge is -1.89. The number of aromatic nitrogens is 2. The predicted octanol–water partition coefficient (Wildman–Crippen LogP) is 0.799. The zero-order chi connectivity index (χ0) is 7.56. The van der Waals surface area contributed by atoms with Gasteiger partial charge in [0.1, 0.15) is 0 Å². The average Bonchev–Trinajstić information content (AvgIpc) is 2.15. The molecule has 2 N–H and O–H groups in total. The quantitative estimate of drug-likeness (QED) is 0.750. The van der Waals surface area contributed by atoms with Gasteiger partial charge in [0.25, 0.3) is 0 Å². The minimum Gasteiger partial charge on any atom is -0.481 e. The number of nitrogens with one attached hydrogen (secondary N) is 1. The van der Waals surface area contributed by atoms with Crippen molar-refractivity contribution in [1.29, 1.82) is 0 Å². The number of aromatic amines is 1. The molecule has 0 aromatic carbocycles. The number of hydrogen-bond acceptors (Lipinski definition) is 2. The number of H-pyrrole nitrogens is 1. The summed E-state index contributed by atoms with van der Waals surface area (Å²) in [5.74, 6) is -0.870. The first-order valence-electron chi connectivity index (χ1n) is 2.59. The fraction of sp³-hybridized carbons (Fsp3) is 0.200. The number of carbonyl (C=O) groups is 1. The fourth-order valence-electron chi connectivity index (χ4n) is 0.573. The monoisotopic (exact) mass is 204 g/mol. The second-order valence-corrected chi connectivity index (χ2v) is 2.62. The smallest absolute Gasteiger partial charge is 0.309 e. The van der Waals surface area contributed by atoms with Crippen LogP contribution >= 0.6 is 15.9 Å². The number of rotatable bonds is 2. The van der Waals surface area contributed by atoms with Crippen LogP contribution in [0, 0.1) is 0 Å². The molecule has 0 aliphatic rings. The third-order valence-electron chi connectivity index (χ3n) is 0.994. The van der Waals surface area contributed by atoms with E-state index in [1.54, 1.807) is 0 Å². The van der Waals surface area contributed by atoms with Crippen molar-refractivity contribution in [1.82, 2.24) is 10.2 Å². The standard InChI is InChI=1S/C5H5BrN2O2/c6-3-2-7-8-4(3)1-5(9)10/h2H,1H2,(H,7,8)(H,9,10). The molecular formula is C5H5BrN2O2. The summed E-state index contributed by atoms with van der Waals surface area (Å²) in [5, 5.41) is 14.5. The van der Waals surface area contributed by atoms with E-state index in [0.29, 0.717) is 10.2 Å². The lowest BCUT2D eigenvalue weighted by atomic mass is 10.3. The van der Waals surface area contributed by atoms with Crippen molar-refractivity contribution in [3.05, 3.63) is 16.4 Å². The number of hydrogen-bond donors (Lipinski definition) is 2. The van der Waals surface area contributed by atoms with Crippen LogP contribution < -0.4 is 0 Å². The molecule has 1 aromatic heterocycles.